The van der Waals surface area contributed by atoms with Crippen LogP contribution in [-0.2, 0) is 0 Å². The molecule has 0 spiro atoms. The number of halogens is 3. The molecule has 0 saturated heterocycles. The Bertz CT molecular complexity index is 641. The minimum absolute atomic E-state index is 0.205. The van der Waals surface area contributed by atoms with Crippen LogP contribution >= 0.6 is 12.6 Å². The first-order chi connectivity index (χ1) is 9.83. The molecule has 1 amide bonds. The lowest BCUT2D eigenvalue weighted by atomic mass is 10.2. The van der Waals surface area contributed by atoms with E-state index < -0.39 is 18.0 Å². The lowest BCUT2D eigenvalue weighted by molar-refractivity contribution is -0.274. The topological polar surface area (TPSA) is 38.3 Å². The van der Waals surface area contributed by atoms with Gasteiger partial charge in [-0.2, -0.15) is 0 Å². The van der Waals surface area contributed by atoms with Crippen molar-refractivity contribution in [1.82, 2.24) is 0 Å². The molecule has 0 atom stereocenters. The summed E-state index contributed by atoms with van der Waals surface area (Å²) in [6.07, 6.45) is -4.77. The van der Waals surface area contributed by atoms with Crippen LogP contribution in [0.1, 0.15) is 10.4 Å². The number of ether oxygens (including phenoxy) is 1. The highest BCUT2D eigenvalue weighted by Gasteiger charge is 2.31. The molecule has 0 fully saturated rings. The first kappa shape index (κ1) is 15.2. The summed E-state index contributed by atoms with van der Waals surface area (Å²) < 4.78 is 40.1. The largest absolute Gasteiger partial charge is 0.573 e. The zero-order valence-corrected chi connectivity index (χ0v) is 11.4. The highest BCUT2D eigenvalue weighted by atomic mass is 32.1. The lowest BCUT2D eigenvalue weighted by Gasteiger charge is -2.10. The van der Waals surface area contributed by atoms with Crippen molar-refractivity contribution in [1.29, 1.82) is 0 Å². The number of nitrogens with one attached hydrogen (secondary N) is 1. The molecule has 2 rings (SSSR count). The quantitative estimate of drug-likeness (QED) is 0.836. The number of carbonyl (C=O) groups is 1. The van der Waals surface area contributed by atoms with Crippen molar-refractivity contribution in [3.05, 3.63) is 54.1 Å². The lowest BCUT2D eigenvalue weighted by Crippen LogP contribution is -2.17. The van der Waals surface area contributed by atoms with Gasteiger partial charge in [-0.25, -0.2) is 0 Å². The SMILES string of the molecule is O=C(Nc1cccc(OC(F)(F)F)c1)c1ccc(S)cc1. The van der Waals surface area contributed by atoms with Crippen molar-refractivity contribution >= 4 is 24.2 Å². The molecule has 1 N–H and O–H groups in total. The van der Waals surface area contributed by atoms with E-state index in [2.05, 4.69) is 22.7 Å². The number of alkyl halides is 3. The number of anilines is 1. The maximum Gasteiger partial charge on any atom is 0.573 e. The summed E-state index contributed by atoms with van der Waals surface area (Å²) in [5.41, 5.74) is 0.576. The number of amides is 1. The van der Waals surface area contributed by atoms with Gasteiger partial charge in [0.1, 0.15) is 5.75 Å². The minimum Gasteiger partial charge on any atom is -0.406 e. The summed E-state index contributed by atoms with van der Waals surface area (Å²) in [6, 6.07) is 11.5. The number of hydrogen-bond donors (Lipinski definition) is 2. The second-order valence-electron chi connectivity index (χ2n) is 4.08. The number of hydrogen-bond acceptors (Lipinski definition) is 3. The van der Waals surface area contributed by atoms with E-state index in [0.717, 1.165) is 12.1 Å². The molecule has 0 unspecified atom stereocenters. The van der Waals surface area contributed by atoms with Crippen molar-refractivity contribution in [3.63, 3.8) is 0 Å². The van der Waals surface area contributed by atoms with Crippen LogP contribution in [0.2, 0.25) is 0 Å². The van der Waals surface area contributed by atoms with Crippen molar-refractivity contribution in [2.75, 3.05) is 5.32 Å². The molecule has 0 radical (unpaired) electrons. The Balaban J connectivity index is 2.10. The second-order valence-corrected chi connectivity index (χ2v) is 4.59. The van der Waals surface area contributed by atoms with E-state index in [1.165, 1.54) is 12.1 Å². The van der Waals surface area contributed by atoms with E-state index in [9.17, 15) is 18.0 Å². The predicted octanol–water partition coefficient (Wildman–Crippen LogP) is 4.13. The van der Waals surface area contributed by atoms with E-state index in [1.807, 2.05) is 0 Å². The molecule has 0 bridgehead atoms. The summed E-state index contributed by atoms with van der Waals surface area (Å²) in [6.45, 7) is 0. The third-order valence-electron chi connectivity index (χ3n) is 2.45. The summed E-state index contributed by atoms with van der Waals surface area (Å²) in [4.78, 5) is 12.6. The van der Waals surface area contributed by atoms with Gasteiger partial charge in [0, 0.05) is 22.2 Å². The van der Waals surface area contributed by atoms with Gasteiger partial charge in [-0.05, 0) is 36.4 Å². The fraction of sp³-hybridized carbons (Fsp3) is 0.0714. The molecule has 0 aliphatic carbocycles. The van der Waals surface area contributed by atoms with E-state index in [0.29, 0.717) is 10.5 Å². The Morgan fingerprint density at radius 2 is 1.76 bits per heavy atom. The Hall–Kier alpha value is -2.15. The second kappa shape index (κ2) is 6.09. The van der Waals surface area contributed by atoms with Crippen LogP contribution in [0.5, 0.6) is 5.75 Å². The predicted molar refractivity (Wildman–Crippen MR) is 74.8 cm³/mol. The van der Waals surface area contributed by atoms with E-state index in [-0.39, 0.29) is 5.69 Å². The summed E-state index contributed by atoms with van der Waals surface area (Å²) in [5, 5.41) is 2.49. The van der Waals surface area contributed by atoms with Gasteiger partial charge in [0.2, 0.25) is 0 Å². The average Bonchev–Trinajstić information content (AvgIpc) is 2.37. The van der Waals surface area contributed by atoms with Gasteiger partial charge in [0.25, 0.3) is 5.91 Å². The van der Waals surface area contributed by atoms with E-state index in [1.54, 1.807) is 24.3 Å². The average molecular weight is 313 g/mol. The van der Waals surface area contributed by atoms with E-state index in [4.69, 9.17) is 0 Å². The van der Waals surface area contributed by atoms with Gasteiger partial charge >= 0.3 is 6.36 Å². The zero-order valence-electron chi connectivity index (χ0n) is 10.5. The normalized spacial score (nSPS) is 11.0. The van der Waals surface area contributed by atoms with Crippen molar-refractivity contribution in [2.45, 2.75) is 11.3 Å². The number of benzene rings is 2. The molecule has 2 aromatic carbocycles. The minimum atomic E-state index is -4.77. The van der Waals surface area contributed by atoms with Gasteiger partial charge in [-0.3, -0.25) is 4.79 Å². The van der Waals surface area contributed by atoms with Crippen LogP contribution in [0.3, 0.4) is 0 Å². The first-order valence-electron chi connectivity index (χ1n) is 5.80. The third kappa shape index (κ3) is 4.71. The Morgan fingerprint density at radius 3 is 2.38 bits per heavy atom. The van der Waals surface area contributed by atoms with Crippen molar-refractivity contribution in [2.24, 2.45) is 0 Å². The molecule has 110 valence electrons. The molecule has 0 aliphatic rings. The molecule has 0 aliphatic heterocycles. The van der Waals surface area contributed by atoms with Crippen LogP contribution in [0.15, 0.2) is 53.4 Å². The van der Waals surface area contributed by atoms with Crippen LogP contribution in [-0.4, -0.2) is 12.3 Å². The Labute approximate surface area is 124 Å². The number of carbonyl (C=O) groups excluding carboxylic acids is 1. The monoisotopic (exact) mass is 313 g/mol. The molecule has 7 heteroatoms. The first-order valence-corrected chi connectivity index (χ1v) is 6.24. The molecule has 21 heavy (non-hydrogen) atoms. The molecular formula is C14H10F3NO2S. The van der Waals surface area contributed by atoms with Gasteiger partial charge in [0.15, 0.2) is 0 Å². The van der Waals surface area contributed by atoms with Crippen LogP contribution < -0.4 is 10.1 Å². The Kier molecular flexibility index (Phi) is 4.42. The van der Waals surface area contributed by atoms with Crippen LogP contribution in [0, 0.1) is 0 Å². The van der Waals surface area contributed by atoms with E-state index >= 15 is 0 Å². The van der Waals surface area contributed by atoms with Gasteiger partial charge in [-0.15, -0.1) is 25.8 Å². The molecule has 0 heterocycles. The Morgan fingerprint density at radius 1 is 1.10 bits per heavy atom. The molecule has 2 aromatic rings. The number of thiol groups is 1. The van der Waals surface area contributed by atoms with Gasteiger partial charge in [-0.1, -0.05) is 6.07 Å². The fourth-order valence-electron chi connectivity index (χ4n) is 1.59. The third-order valence-corrected chi connectivity index (χ3v) is 2.75. The molecule has 0 aromatic heterocycles. The summed E-state index contributed by atoms with van der Waals surface area (Å²) in [5.74, 6) is -0.835. The van der Waals surface area contributed by atoms with Crippen molar-refractivity contribution in [3.8, 4) is 5.75 Å². The van der Waals surface area contributed by atoms with Crippen LogP contribution in [0.4, 0.5) is 18.9 Å². The van der Waals surface area contributed by atoms with Gasteiger partial charge in [0.05, 0.1) is 0 Å². The zero-order chi connectivity index (χ0) is 15.5. The highest BCUT2D eigenvalue weighted by molar-refractivity contribution is 7.80. The standard InChI is InChI=1S/C14H10F3NO2S/c15-14(16,17)20-11-3-1-2-10(8-11)18-13(19)9-4-6-12(21)7-5-9/h1-8,21H,(H,18,19). The maximum absolute atomic E-state index is 12.1. The summed E-state index contributed by atoms with van der Waals surface area (Å²) >= 11 is 4.10. The fourth-order valence-corrected chi connectivity index (χ4v) is 1.74. The molecule has 0 saturated carbocycles. The number of rotatable bonds is 3. The smallest absolute Gasteiger partial charge is 0.406 e. The maximum atomic E-state index is 12.1. The molecular weight excluding hydrogens is 303 g/mol. The van der Waals surface area contributed by atoms with Gasteiger partial charge < -0.3 is 10.1 Å². The highest BCUT2D eigenvalue weighted by Crippen LogP contribution is 2.25. The van der Waals surface area contributed by atoms with Crippen LogP contribution in [0.25, 0.3) is 0 Å². The van der Waals surface area contributed by atoms with Crippen molar-refractivity contribution < 1.29 is 22.7 Å². The summed E-state index contributed by atoms with van der Waals surface area (Å²) in [7, 11) is 0. The molecule has 3 nitrogen and oxygen atoms in total.